The van der Waals surface area contributed by atoms with Crippen molar-refractivity contribution in [3.63, 3.8) is 0 Å². The first-order chi connectivity index (χ1) is 31.1. The Bertz CT molecular complexity index is 1310. The maximum Gasteiger partial charge on any atom is 0.472 e. The average molecular weight is 922 g/mol. The highest BCUT2D eigenvalue weighted by Gasteiger charge is 2.28. The van der Waals surface area contributed by atoms with Crippen LogP contribution in [-0.2, 0) is 37.5 Å². The molecule has 0 saturated heterocycles. The van der Waals surface area contributed by atoms with E-state index in [-0.39, 0.29) is 19.4 Å². The highest BCUT2D eigenvalue weighted by molar-refractivity contribution is 7.47. The van der Waals surface area contributed by atoms with Gasteiger partial charge in [0.2, 0.25) is 0 Å². The Kier molecular flexibility index (Phi) is 44.6. The molecule has 0 aromatic carbocycles. The lowest BCUT2D eigenvalue weighted by Crippen LogP contribution is -2.34. The molecule has 0 bridgehead atoms. The van der Waals surface area contributed by atoms with E-state index in [2.05, 4.69) is 79.1 Å². The Labute approximate surface area is 389 Å². The number of aliphatic carboxylic acids is 1. The molecule has 0 saturated carbocycles. The molecule has 0 fully saturated rings. The number of esters is 2. The van der Waals surface area contributed by atoms with Gasteiger partial charge in [0.25, 0.3) is 0 Å². The van der Waals surface area contributed by atoms with Crippen LogP contribution in [0, 0.1) is 0 Å². The molecule has 0 amide bonds. The van der Waals surface area contributed by atoms with E-state index in [1.807, 2.05) is 0 Å². The fourth-order valence-corrected chi connectivity index (χ4v) is 7.64. The Morgan fingerprint density at radius 2 is 0.875 bits per heavy atom. The number of allylic oxidation sites excluding steroid dienone is 10. The molecule has 3 atom stereocenters. The molecule has 11 nitrogen and oxygen atoms in total. The lowest BCUT2D eigenvalue weighted by Gasteiger charge is -2.20. The smallest absolute Gasteiger partial charge is 0.472 e. The zero-order valence-electron chi connectivity index (χ0n) is 40.4. The third-order valence-corrected chi connectivity index (χ3v) is 11.7. The van der Waals surface area contributed by atoms with Crippen LogP contribution in [0.1, 0.15) is 219 Å². The van der Waals surface area contributed by atoms with E-state index in [9.17, 15) is 23.8 Å². The number of hydrogen-bond donors (Lipinski definition) is 3. The second-order valence-electron chi connectivity index (χ2n) is 16.9. The van der Waals surface area contributed by atoms with E-state index in [0.29, 0.717) is 12.8 Å². The zero-order chi connectivity index (χ0) is 47.0. The number of carbonyl (C=O) groups excluding carboxylic acids is 2. The Balaban J connectivity index is 4.29. The van der Waals surface area contributed by atoms with Crippen molar-refractivity contribution in [2.45, 2.75) is 231 Å². The lowest BCUT2D eigenvalue weighted by molar-refractivity contribution is -0.161. The van der Waals surface area contributed by atoms with E-state index in [1.54, 1.807) is 0 Å². The topological polar surface area (TPSA) is 172 Å². The molecule has 64 heavy (non-hydrogen) atoms. The standard InChI is InChI=1S/C52H92NO10P/c1-3-5-7-9-11-13-15-17-19-21-23-24-26-27-29-31-33-35-37-39-41-43-50(54)60-45-48(46-61-64(58,59)62-47-49(53)52(56)57)63-51(55)44-42-40-38-36-34-32-30-28-25-22-20-18-16-14-12-10-8-6-4-2/h6,8,12,14,18,20,25,28,32,34,48-49H,3-5,7,9-11,13,15-17,19,21-24,26-27,29-31,33,35-47,53H2,1-2H3,(H,56,57)(H,58,59)/b8-6+,14-12+,20-18+,28-25+,34-32+/t48-,49+/m1/s1. The summed E-state index contributed by atoms with van der Waals surface area (Å²) in [5, 5.41) is 8.92. The summed E-state index contributed by atoms with van der Waals surface area (Å²) in [5.74, 6) is -2.41. The van der Waals surface area contributed by atoms with Gasteiger partial charge in [0, 0.05) is 12.8 Å². The lowest BCUT2D eigenvalue weighted by atomic mass is 10.0. The summed E-state index contributed by atoms with van der Waals surface area (Å²) in [6, 6.07) is -1.53. The molecule has 1 unspecified atom stereocenters. The van der Waals surface area contributed by atoms with Crippen LogP contribution in [-0.4, -0.2) is 59.9 Å². The number of hydrogen-bond acceptors (Lipinski definition) is 9. The molecular formula is C52H92NO10P. The molecule has 0 spiro atoms. The maximum absolute atomic E-state index is 12.7. The molecule has 0 aromatic rings. The number of carboxylic acids is 1. The van der Waals surface area contributed by atoms with Gasteiger partial charge in [-0.2, -0.15) is 0 Å². The van der Waals surface area contributed by atoms with E-state index in [0.717, 1.165) is 70.6 Å². The van der Waals surface area contributed by atoms with Crippen molar-refractivity contribution in [3.8, 4) is 0 Å². The number of rotatable bonds is 47. The van der Waals surface area contributed by atoms with Crippen LogP contribution in [0.2, 0.25) is 0 Å². The number of carboxylic acid groups (broad SMARTS) is 1. The Morgan fingerprint density at radius 3 is 1.31 bits per heavy atom. The van der Waals surface area contributed by atoms with Gasteiger partial charge in [-0.25, -0.2) is 4.57 Å². The average Bonchev–Trinajstić information content (AvgIpc) is 3.27. The molecule has 4 N–H and O–H groups in total. The fraction of sp³-hybridized carbons (Fsp3) is 0.750. The molecule has 0 heterocycles. The SMILES string of the molecule is CC/C=C/C/C=C/C/C=C/C/C=C/C/C=C/CCCCCC(=O)O[C@H](COC(=O)CCCCCCCCCCCCCCCCCCCCCCC)COP(=O)(O)OC[C@H](N)C(=O)O. The fourth-order valence-electron chi connectivity index (χ4n) is 6.86. The van der Waals surface area contributed by atoms with Crippen molar-refractivity contribution in [2.75, 3.05) is 19.8 Å². The minimum atomic E-state index is -4.73. The van der Waals surface area contributed by atoms with Crippen LogP contribution in [0.5, 0.6) is 0 Å². The molecule has 0 aliphatic heterocycles. The predicted molar refractivity (Wildman–Crippen MR) is 263 cm³/mol. The van der Waals surface area contributed by atoms with Gasteiger partial charge in [0.15, 0.2) is 6.10 Å². The second kappa shape index (κ2) is 46.7. The minimum Gasteiger partial charge on any atom is -0.480 e. The van der Waals surface area contributed by atoms with Crippen molar-refractivity contribution in [2.24, 2.45) is 5.73 Å². The largest absolute Gasteiger partial charge is 0.480 e. The van der Waals surface area contributed by atoms with Crippen molar-refractivity contribution in [1.29, 1.82) is 0 Å². The second-order valence-corrected chi connectivity index (χ2v) is 18.4. The van der Waals surface area contributed by atoms with Gasteiger partial charge in [-0.15, -0.1) is 0 Å². The monoisotopic (exact) mass is 922 g/mol. The normalized spacial score (nSPS) is 14.1. The van der Waals surface area contributed by atoms with Crippen LogP contribution in [0.25, 0.3) is 0 Å². The summed E-state index contributed by atoms with van der Waals surface area (Å²) in [5.41, 5.74) is 5.35. The first-order valence-corrected chi connectivity index (χ1v) is 26.8. The number of ether oxygens (including phenoxy) is 2. The van der Waals surface area contributed by atoms with E-state index >= 15 is 0 Å². The highest BCUT2D eigenvalue weighted by Crippen LogP contribution is 2.43. The van der Waals surface area contributed by atoms with Crippen molar-refractivity contribution < 1.29 is 47.5 Å². The number of carbonyl (C=O) groups is 3. The third-order valence-electron chi connectivity index (χ3n) is 10.8. The van der Waals surface area contributed by atoms with E-state index in [1.165, 1.54) is 109 Å². The molecule has 0 aliphatic rings. The van der Waals surface area contributed by atoms with Gasteiger partial charge < -0.3 is 25.2 Å². The summed E-state index contributed by atoms with van der Waals surface area (Å²) in [6.07, 6.45) is 55.7. The zero-order valence-corrected chi connectivity index (χ0v) is 41.3. The van der Waals surface area contributed by atoms with Gasteiger partial charge in [0.05, 0.1) is 13.2 Å². The summed E-state index contributed by atoms with van der Waals surface area (Å²) < 4.78 is 32.8. The molecule has 0 rings (SSSR count). The van der Waals surface area contributed by atoms with Gasteiger partial charge in [-0.1, -0.05) is 209 Å². The molecule has 0 radical (unpaired) electrons. The predicted octanol–water partition coefficient (Wildman–Crippen LogP) is 14.3. The molecular weight excluding hydrogens is 830 g/mol. The van der Waals surface area contributed by atoms with E-state index < -0.39 is 51.1 Å². The number of phosphoric ester groups is 1. The molecule has 0 aromatic heterocycles. The first kappa shape index (κ1) is 61.2. The summed E-state index contributed by atoms with van der Waals surface area (Å²) in [6.45, 7) is 2.69. The third kappa shape index (κ3) is 45.7. The number of nitrogens with two attached hydrogens (primary N) is 1. The number of unbranched alkanes of at least 4 members (excludes halogenated alkanes) is 23. The quantitative estimate of drug-likeness (QED) is 0.0230. The van der Waals surface area contributed by atoms with Gasteiger partial charge in [-0.05, 0) is 57.8 Å². The van der Waals surface area contributed by atoms with Gasteiger partial charge in [-0.3, -0.25) is 23.4 Å². The Morgan fingerprint density at radius 1 is 0.500 bits per heavy atom. The van der Waals surface area contributed by atoms with Crippen molar-refractivity contribution >= 4 is 25.7 Å². The molecule has 370 valence electrons. The maximum atomic E-state index is 12.7. The first-order valence-electron chi connectivity index (χ1n) is 25.3. The van der Waals surface area contributed by atoms with Crippen LogP contribution in [0.4, 0.5) is 0 Å². The number of phosphoric acid groups is 1. The van der Waals surface area contributed by atoms with Crippen LogP contribution < -0.4 is 5.73 Å². The minimum absolute atomic E-state index is 0.121. The van der Waals surface area contributed by atoms with E-state index in [4.69, 9.17) is 24.8 Å². The van der Waals surface area contributed by atoms with Gasteiger partial charge in [0.1, 0.15) is 12.6 Å². The van der Waals surface area contributed by atoms with Crippen LogP contribution in [0.15, 0.2) is 60.8 Å². The summed E-state index contributed by atoms with van der Waals surface area (Å²) in [4.78, 5) is 46.2. The molecule has 0 aliphatic carbocycles. The van der Waals surface area contributed by atoms with Crippen molar-refractivity contribution in [3.05, 3.63) is 60.8 Å². The van der Waals surface area contributed by atoms with Crippen molar-refractivity contribution in [1.82, 2.24) is 0 Å². The van der Waals surface area contributed by atoms with Crippen LogP contribution in [0.3, 0.4) is 0 Å². The highest BCUT2D eigenvalue weighted by atomic mass is 31.2. The summed E-state index contributed by atoms with van der Waals surface area (Å²) in [7, 11) is -4.73. The molecule has 12 heteroatoms. The van der Waals surface area contributed by atoms with Crippen LogP contribution >= 0.6 is 7.82 Å². The summed E-state index contributed by atoms with van der Waals surface area (Å²) >= 11 is 0. The Hall–Kier alpha value is -2.82. The van der Waals surface area contributed by atoms with Gasteiger partial charge >= 0.3 is 25.7 Å².